The molecule has 2 aromatic rings. The standard InChI is InChI=1S/C9H7IN2/c1-6-4-5-11-9-7(6)2-3-8(10)12-9/h2-5H,1H3. The van der Waals surface area contributed by atoms with Gasteiger partial charge in [-0.3, -0.25) is 0 Å². The molecule has 0 unspecified atom stereocenters. The predicted molar refractivity (Wildman–Crippen MR) is 57.0 cm³/mol. The van der Waals surface area contributed by atoms with E-state index >= 15 is 0 Å². The quantitative estimate of drug-likeness (QED) is 0.543. The van der Waals surface area contributed by atoms with Crippen LogP contribution in [0, 0.1) is 10.6 Å². The monoisotopic (exact) mass is 270 g/mol. The number of aromatic nitrogens is 2. The highest BCUT2D eigenvalue weighted by molar-refractivity contribution is 14.1. The van der Waals surface area contributed by atoms with E-state index in [-0.39, 0.29) is 0 Å². The number of pyridine rings is 2. The summed E-state index contributed by atoms with van der Waals surface area (Å²) in [6.45, 7) is 2.07. The van der Waals surface area contributed by atoms with E-state index in [2.05, 4.69) is 45.5 Å². The van der Waals surface area contributed by atoms with Gasteiger partial charge in [0.2, 0.25) is 0 Å². The SMILES string of the molecule is Cc1ccnc2nc(I)ccc12. The van der Waals surface area contributed by atoms with Gasteiger partial charge in [0.15, 0.2) is 5.65 Å². The molecule has 3 heteroatoms. The molecule has 0 aliphatic carbocycles. The maximum atomic E-state index is 4.31. The van der Waals surface area contributed by atoms with E-state index in [9.17, 15) is 0 Å². The first-order chi connectivity index (χ1) is 5.77. The van der Waals surface area contributed by atoms with Crippen molar-refractivity contribution < 1.29 is 0 Å². The Labute approximate surface area is 84.2 Å². The van der Waals surface area contributed by atoms with E-state index in [1.165, 1.54) is 5.56 Å². The summed E-state index contributed by atoms with van der Waals surface area (Å²) in [4.78, 5) is 8.50. The molecule has 2 heterocycles. The molecule has 2 nitrogen and oxygen atoms in total. The molecule has 0 aliphatic rings. The van der Waals surface area contributed by atoms with Crippen molar-refractivity contribution >= 4 is 33.6 Å². The lowest BCUT2D eigenvalue weighted by atomic mass is 10.2. The molecule has 0 N–H and O–H groups in total. The molecule has 0 saturated carbocycles. The van der Waals surface area contributed by atoms with Gasteiger partial charge >= 0.3 is 0 Å². The summed E-state index contributed by atoms with van der Waals surface area (Å²) >= 11 is 2.19. The molecule has 0 spiro atoms. The van der Waals surface area contributed by atoms with Gasteiger partial charge in [-0.2, -0.15) is 0 Å². The third-order valence-corrected chi connectivity index (χ3v) is 2.39. The van der Waals surface area contributed by atoms with E-state index in [0.717, 1.165) is 14.7 Å². The minimum atomic E-state index is 0.835. The van der Waals surface area contributed by atoms with Gasteiger partial charge in [-0.15, -0.1) is 0 Å². The first-order valence-electron chi connectivity index (χ1n) is 3.65. The van der Waals surface area contributed by atoms with Crippen molar-refractivity contribution in [2.45, 2.75) is 6.92 Å². The Bertz CT molecular complexity index is 426. The van der Waals surface area contributed by atoms with Gasteiger partial charge in [0.1, 0.15) is 3.70 Å². The Kier molecular flexibility index (Phi) is 1.96. The van der Waals surface area contributed by atoms with Gasteiger partial charge in [-0.1, -0.05) is 0 Å². The lowest BCUT2D eigenvalue weighted by molar-refractivity contribution is 1.24. The van der Waals surface area contributed by atoms with Crippen molar-refractivity contribution in [1.29, 1.82) is 0 Å². The van der Waals surface area contributed by atoms with Crippen LogP contribution in [0.25, 0.3) is 11.0 Å². The topological polar surface area (TPSA) is 25.8 Å². The van der Waals surface area contributed by atoms with Crippen LogP contribution in [0.15, 0.2) is 24.4 Å². The average Bonchev–Trinajstić information content (AvgIpc) is 2.04. The van der Waals surface area contributed by atoms with Crippen LogP contribution >= 0.6 is 22.6 Å². The molecule has 0 aliphatic heterocycles. The summed E-state index contributed by atoms with van der Waals surface area (Å²) in [6.07, 6.45) is 1.79. The summed E-state index contributed by atoms with van der Waals surface area (Å²) in [6, 6.07) is 6.06. The Hall–Kier alpha value is -0.710. The predicted octanol–water partition coefficient (Wildman–Crippen LogP) is 2.54. The zero-order valence-corrected chi connectivity index (χ0v) is 8.74. The number of hydrogen-bond donors (Lipinski definition) is 0. The molecule has 2 aromatic heterocycles. The van der Waals surface area contributed by atoms with Gasteiger partial charge in [-0.25, -0.2) is 9.97 Å². The number of hydrogen-bond acceptors (Lipinski definition) is 2. The van der Waals surface area contributed by atoms with E-state index in [4.69, 9.17) is 0 Å². The number of nitrogens with zero attached hydrogens (tertiary/aromatic N) is 2. The summed E-state index contributed by atoms with van der Waals surface area (Å²) in [5.41, 5.74) is 2.06. The zero-order valence-electron chi connectivity index (χ0n) is 6.58. The molecular formula is C9H7IN2. The van der Waals surface area contributed by atoms with Gasteiger partial charge in [-0.05, 0) is 53.3 Å². The van der Waals surface area contributed by atoms with Crippen molar-refractivity contribution in [2.75, 3.05) is 0 Å². The largest absolute Gasteiger partial charge is 0.237 e. The lowest BCUT2D eigenvalue weighted by Gasteiger charge is -1.99. The van der Waals surface area contributed by atoms with Gasteiger partial charge in [0.05, 0.1) is 0 Å². The molecule has 12 heavy (non-hydrogen) atoms. The van der Waals surface area contributed by atoms with Crippen LogP contribution in [0.1, 0.15) is 5.56 Å². The second kappa shape index (κ2) is 2.97. The van der Waals surface area contributed by atoms with Crippen molar-refractivity contribution in [3.05, 3.63) is 33.7 Å². The maximum Gasteiger partial charge on any atom is 0.160 e. The number of rotatable bonds is 0. The Balaban J connectivity index is 2.86. The van der Waals surface area contributed by atoms with E-state index in [1.807, 2.05) is 12.1 Å². The number of aryl methyl sites for hydroxylation is 1. The van der Waals surface area contributed by atoms with E-state index in [1.54, 1.807) is 6.20 Å². The van der Waals surface area contributed by atoms with Gasteiger partial charge in [0, 0.05) is 11.6 Å². The fourth-order valence-corrected chi connectivity index (χ4v) is 1.55. The summed E-state index contributed by atoms with van der Waals surface area (Å²) < 4.78 is 0.984. The van der Waals surface area contributed by atoms with Gasteiger partial charge < -0.3 is 0 Å². The highest BCUT2D eigenvalue weighted by Crippen LogP contribution is 2.14. The lowest BCUT2D eigenvalue weighted by Crippen LogP contribution is -1.87. The zero-order chi connectivity index (χ0) is 8.55. The molecule has 0 saturated heterocycles. The smallest absolute Gasteiger partial charge is 0.160 e. The molecular weight excluding hydrogens is 263 g/mol. The van der Waals surface area contributed by atoms with E-state index < -0.39 is 0 Å². The molecule has 60 valence electrons. The molecule has 0 aromatic carbocycles. The van der Waals surface area contributed by atoms with Crippen molar-refractivity contribution in [2.24, 2.45) is 0 Å². The molecule has 0 radical (unpaired) electrons. The first-order valence-corrected chi connectivity index (χ1v) is 4.73. The van der Waals surface area contributed by atoms with Crippen molar-refractivity contribution in [3.63, 3.8) is 0 Å². The van der Waals surface area contributed by atoms with Crippen LogP contribution in [0.3, 0.4) is 0 Å². The van der Waals surface area contributed by atoms with Crippen LogP contribution in [-0.4, -0.2) is 9.97 Å². The first kappa shape index (κ1) is 7.91. The minimum Gasteiger partial charge on any atom is -0.237 e. The highest BCUT2D eigenvalue weighted by atomic mass is 127. The van der Waals surface area contributed by atoms with Crippen molar-refractivity contribution in [1.82, 2.24) is 9.97 Å². The van der Waals surface area contributed by atoms with Crippen LogP contribution in [-0.2, 0) is 0 Å². The normalized spacial score (nSPS) is 10.5. The Morgan fingerprint density at radius 2 is 2.08 bits per heavy atom. The summed E-state index contributed by atoms with van der Waals surface area (Å²) in [5, 5.41) is 1.14. The summed E-state index contributed by atoms with van der Waals surface area (Å²) in [7, 11) is 0. The third-order valence-electron chi connectivity index (χ3n) is 1.79. The average molecular weight is 270 g/mol. The Morgan fingerprint density at radius 3 is 2.92 bits per heavy atom. The van der Waals surface area contributed by atoms with Crippen LogP contribution < -0.4 is 0 Å². The molecule has 0 atom stereocenters. The van der Waals surface area contributed by atoms with Crippen molar-refractivity contribution in [3.8, 4) is 0 Å². The maximum absolute atomic E-state index is 4.31. The van der Waals surface area contributed by atoms with E-state index in [0.29, 0.717) is 0 Å². The number of fused-ring (bicyclic) bond motifs is 1. The van der Waals surface area contributed by atoms with Crippen LogP contribution in [0.5, 0.6) is 0 Å². The fourth-order valence-electron chi connectivity index (χ4n) is 1.14. The third kappa shape index (κ3) is 1.29. The fraction of sp³-hybridized carbons (Fsp3) is 0.111. The Morgan fingerprint density at radius 1 is 1.25 bits per heavy atom. The van der Waals surface area contributed by atoms with Crippen LogP contribution in [0.4, 0.5) is 0 Å². The molecule has 2 rings (SSSR count). The van der Waals surface area contributed by atoms with Gasteiger partial charge in [0.25, 0.3) is 0 Å². The summed E-state index contributed by atoms with van der Waals surface area (Å²) in [5.74, 6) is 0. The molecule has 0 fully saturated rings. The number of halogens is 1. The second-order valence-electron chi connectivity index (χ2n) is 2.63. The van der Waals surface area contributed by atoms with Crippen LogP contribution in [0.2, 0.25) is 0 Å². The molecule has 0 bridgehead atoms. The second-order valence-corrected chi connectivity index (χ2v) is 3.74. The minimum absolute atomic E-state index is 0.835. The molecule has 0 amide bonds. The highest BCUT2D eigenvalue weighted by Gasteiger charge is 1.98.